The molecule has 1 saturated carbocycles. The molecular weight excluding hydrogens is 587 g/mol. The minimum atomic E-state index is -5.08. The zero-order valence-corrected chi connectivity index (χ0v) is 23.2. The van der Waals surface area contributed by atoms with Gasteiger partial charge in [-0.3, -0.25) is 9.20 Å². The summed E-state index contributed by atoms with van der Waals surface area (Å²) >= 11 is 0. The number of alkyl halides is 3. The molecule has 1 saturated heterocycles. The van der Waals surface area contributed by atoms with Gasteiger partial charge in [-0.25, -0.2) is 23.0 Å². The summed E-state index contributed by atoms with van der Waals surface area (Å²) in [5.74, 6) is -3.34. The first kappa shape index (κ1) is 31.9. The van der Waals surface area contributed by atoms with Crippen molar-refractivity contribution in [1.29, 1.82) is 10.5 Å². The summed E-state index contributed by atoms with van der Waals surface area (Å²) in [5, 5.41) is 27.7. The average Bonchev–Trinajstić information content (AvgIpc) is 3.56. The number of carboxylic acids is 1. The molecule has 0 bridgehead atoms. The van der Waals surface area contributed by atoms with Crippen LogP contribution < -0.4 is 14.9 Å². The average molecular weight is 614 g/mol. The van der Waals surface area contributed by atoms with E-state index in [1.54, 1.807) is 19.0 Å². The van der Waals surface area contributed by atoms with Crippen LogP contribution in [0.5, 0.6) is 0 Å². The monoisotopic (exact) mass is 613 g/mol. The molecule has 3 heterocycles. The normalized spacial score (nSPS) is 16.0. The van der Waals surface area contributed by atoms with Crippen molar-refractivity contribution in [2.75, 3.05) is 51.7 Å². The second kappa shape index (κ2) is 12.1. The molecule has 2 aliphatic rings. The molecule has 1 aliphatic heterocycles. The number of carbonyl (C=O) groups is 3. The molecule has 4 rings (SSSR count). The number of imidazole rings is 1. The molecule has 0 atom stereocenters. The number of urea groups is 1. The topological polar surface area (TPSA) is 204 Å². The van der Waals surface area contributed by atoms with E-state index in [-0.39, 0.29) is 23.2 Å². The number of halogens is 3. The minimum Gasteiger partial charge on any atom is -0.475 e. The first-order valence-electron chi connectivity index (χ1n) is 12.2. The van der Waals surface area contributed by atoms with Crippen molar-refractivity contribution in [1.82, 2.24) is 29.2 Å². The Hall–Kier alpha value is -4.62. The molecule has 19 heteroatoms. The second-order valence-corrected chi connectivity index (χ2v) is 11.2. The van der Waals surface area contributed by atoms with E-state index < -0.39 is 33.6 Å². The molecule has 3 N–H and O–H groups in total. The number of piperazine rings is 1. The molecule has 1 aliphatic carbocycles. The number of carbonyl (C=O) groups excluding carboxylic acids is 2. The number of hydrogen-bond donors (Lipinski definition) is 3. The minimum absolute atomic E-state index is 0.0661. The molecule has 0 aromatic carbocycles. The van der Waals surface area contributed by atoms with E-state index in [1.807, 2.05) is 17.0 Å². The molecule has 226 valence electrons. The number of sulfonamides is 1. The lowest BCUT2D eigenvalue weighted by molar-refractivity contribution is -0.192. The van der Waals surface area contributed by atoms with Crippen molar-refractivity contribution >= 4 is 39.3 Å². The Bertz CT molecular complexity index is 1560. The van der Waals surface area contributed by atoms with Gasteiger partial charge in [-0.1, -0.05) is 0 Å². The number of amides is 3. The van der Waals surface area contributed by atoms with Gasteiger partial charge in [0.05, 0.1) is 24.0 Å². The summed E-state index contributed by atoms with van der Waals surface area (Å²) < 4.78 is 62.0. The Morgan fingerprint density at radius 1 is 1.17 bits per heavy atom. The van der Waals surface area contributed by atoms with Crippen molar-refractivity contribution in [2.24, 2.45) is 0 Å². The van der Waals surface area contributed by atoms with Crippen molar-refractivity contribution in [3.63, 3.8) is 0 Å². The largest absolute Gasteiger partial charge is 0.490 e. The fraction of sp³-hybridized carbons (Fsp3) is 0.478. The van der Waals surface area contributed by atoms with Crippen molar-refractivity contribution in [2.45, 2.75) is 29.5 Å². The smallest absolute Gasteiger partial charge is 0.475 e. The summed E-state index contributed by atoms with van der Waals surface area (Å²) in [6.45, 7) is 1.48. The zero-order chi connectivity index (χ0) is 31.5. The van der Waals surface area contributed by atoms with Crippen LogP contribution in [0.25, 0.3) is 5.65 Å². The van der Waals surface area contributed by atoms with Crippen LogP contribution in [0.1, 0.15) is 23.3 Å². The van der Waals surface area contributed by atoms with Gasteiger partial charge in [-0.15, -0.1) is 0 Å². The molecule has 2 fully saturated rings. The Labute approximate surface area is 237 Å². The van der Waals surface area contributed by atoms with Gasteiger partial charge in [0, 0.05) is 46.5 Å². The fourth-order valence-corrected chi connectivity index (χ4v) is 5.30. The highest BCUT2D eigenvalue weighted by Gasteiger charge is 2.47. The van der Waals surface area contributed by atoms with Crippen LogP contribution in [0.2, 0.25) is 0 Å². The summed E-state index contributed by atoms with van der Waals surface area (Å²) in [6.07, 6.45) is -1.63. The van der Waals surface area contributed by atoms with E-state index in [0.29, 0.717) is 50.4 Å². The number of aromatic nitrogens is 2. The fourth-order valence-electron chi connectivity index (χ4n) is 3.90. The van der Waals surface area contributed by atoms with Crippen LogP contribution in [0, 0.1) is 22.7 Å². The Morgan fingerprint density at radius 3 is 2.24 bits per heavy atom. The van der Waals surface area contributed by atoms with Crippen LogP contribution in [-0.2, 0) is 14.8 Å². The van der Waals surface area contributed by atoms with Gasteiger partial charge in [0.25, 0.3) is 5.91 Å². The number of anilines is 1. The van der Waals surface area contributed by atoms with E-state index in [0.717, 1.165) is 0 Å². The standard InChI is InChI=1S/C21H25N9O4S.C2HF3O2/c1-27(2)20(32)29-9-7-28(8-10-29)16-11-15(35(33,34)26-21(14-23)3-4-21)13-30-17(12-25-18(16)30)19(31)24-6-5-22;3-2(4,5)1(6)7/h11-13,26H,3-4,6-10H2,1-2H3,(H,24,31);(H,6,7). The molecule has 15 nitrogen and oxygen atoms in total. The van der Waals surface area contributed by atoms with Crippen LogP contribution >= 0.6 is 0 Å². The number of nitrogens with zero attached hydrogens (tertiary/aromatic N) is 7. The third-order valence-electron chi connectivity index (χ3n) is 6.24. The number of nitriles is 2. The number of aliphatic carboxylic acids is 1. The highest BCUT2D eigenvalue weighted by Crippen LogP contribution is 2.36. The Kier molecular flexibility index (Phi) is 9.18. The van der Waals surface area contributed by atoms with Gasteiger partial charge in [-0.2, -0.15) is 28.4 Å². The summed E-state index contributed by atoms with van der Waals surface area (Å²) in [4.78, 5) is 43.1. The lowest BCUT2D eigenvalue weighted by Gasteiger charge is -2.37. The summed E-state index contributed by atoms with van der Waals surface area (Å²) in [5.41, 5.74) is -0.212. The van der Waals surface area contributed by atoms with Gasteiger partial charge >= 0.3 is 18.2 Å². The van der Waals surface area contributed by atoms with E-state index in [1.165, 1.54) is 27.8 Å². The SMILES string of the molecule is CN(C)C(=O)N1CCN(c2cc(S(=O)(=O)NC3(C#N)CC3)cn3c(C(=O)NCC#N)cnc23)CC1.O=C(O)C(F)(F)F. The third-order valence-corrected chi connectivity index (χ3v) is 7.75. The lowest BCUT2D eigenvalue weighted by Crippen LogP contribution is -2.51. The Balaban J connectivity index is 0.000000616. The quantitative estimate of drug-likeness (QED) is 0.382. The van der Waals surface area contributed by atoms with Gasteiger partial charge in [-0.05, 0) is 18.9 Å². The van der Waals surface area contributed by atoms with E-state index in [9.17, 15) is 36.4 Å². The van der Waals surface area contributed by atoms with Crippen LogP contribution in [0.3, 0.4) is 0 Å². The number of rotatable bonds is 6. The predicted molar refractivity (Wildman–Crippen MR) is 138 cm³/mol. The van der Waals surface area contributed by atoms with Crippen LogP contribution in [-0.4, -0.2) is 109 Å². The maximum absolute atomic E-state index is 13.2. The number of hydrogen-bond acceptors (Lipinski definition) is 9. The van der Waals surface area contributed by atoms with E-state index in [4.69, 9.17) is 15.2 Å². The lowest BCUT2D eigenvalue weighted by atomic mass is 10.2. The maximum atomic E-state index is 13.2. The van der Waals surface area contributed by atoms with Gasteiger partial charge in [0.2, 0.25) is 10.0 Å². The van der Waals surface area contributed by atoms with Gasteiger partial charge in [0.15, 0.2) is 5.65 Å². The molecule has 0 radical (unpaired) electrons. The highest BCUT2D eigenvalue weighted by atomic mass is 32.2. The van der Waals surface area contributed by atoms with Gasteiger partial charge < -0.3 is 25.1 Å². The molecule has 2 aromatic heterocycles. The maximum Gasteiger partial charge on any atom is 0.490 e. The Morgan fingerprint density at radius 2 is 1.76 bits per heavy atom. The first-order valence-corrected chi connectivity index (χ1v) is 13.7. The summed E-state index contributed by atoms with van der Waals surface area (Å²) in [6, 6.07) is 5.19. The molecule has 2 aromatic rings. The second-order valence-electron chi connectivity index (χ2n) is 9.49. The van der Waals surface area contributed by atoms with E-state index >= 15 is 0 Å². The predicted octanol–water partition coefficient (Wildman–Crippen LogP) is 0.359. The van der Waals surface area contributed by atoms with Crippen LogP contribution in [0.4, 0.5) is 23.7 Å². The molecule has 0 spiro atoms. The molecular formula is C23H26F3N9O6S. The number of pyridine rings is 1. The molecule has 0 unspecified atom stereocenters. The number of fused-ring (bicyclic) bond motifs is 1. The number of nitrogens with one attached hydrogen (secondary N) is 2. The first-order chi connectivity index (χ1) is 19.5. The molecule has 42 heavy (non-hydrogen) atoms. The van der Waals surface area contributed by atoms with Crippen molar-refractivity contribution < 1.29 is 41.1 Å². The van der Waals surface area contributed by atoms with Crippen molar-refractivity contribution in [3.8, 4) is 12.1 Å². The van der Waals surface area contributed by atoms with E-state index in [2.05, 4.69) is 15.0 Å². The zero-order valence-electron chi connectivity index (χ0n) is 22.3. The van der Waals surface area contributed by atoms with Gasteiger partial charge in [0.1, 0.15) is 22.7 Å². The number of carboxylic acid groups (broad SMARTS) is 1. The van der Waals surface area contributed by atoms with Crippen LogP contribution in [0.15, 0.2) is 23.4 Å². The third kappa shape index (κ3) is 7.17. The van der Waals surface area contributed by atoms with Crippen molar-refractivity contribution in [3.05, 3.63) is 24.2 Å². The summed E-state index contributed by atoms with van der Waals surface area (Å²) in [7, 11) is -0.741. The highest BCUT2D eigenvalue weighted by molar-refractivity contribution is 7.89. The molecule has 3 amide bonds.